The molecule has 0 radical (unpaired) electrons. The average Bonchev–Trinajstić information content (AvgIpc) is 3.00. The lowest BCUT2D eigenvalue weighted by molar-refractivity contribution is 0.0699. The van der Waals surface area contributed by atoms with Gasteiger partial charge in [0.15, 0.2) is 0 Å². The highest BCUT2D eigenvalue weighted by Gasteiger charge is 2.18. The van der Waals surface area contributed by atoms with E-state index in [9.17, 15) is 9.90 Å². The minimum absolute atomic E-state index is 0.291. The highest BCUT2D eigenvalue weighted by molar-refractivity contribution is 6.18. The van der Waals surface area contributed by atoms with Crippen LogP contribution in [-0.2, 0) is 6.54 Å². The molecule has 0 unspecified atom stereocenters. The van der Waals surface area contributed by atoms with Crippen LogP contribution in [-0.4, -0.2) is 28.1 Å². The van der Waals surface area contributed by atoms with Crippen LogP contribution in [0.15, 0.2) is 66.7 Å². The molecule has 0 aliphatic carbocycles. The summed E-state index contributed by atoms with van der Waals surface area (Å²) in [6, 6.07) is 21.3. The second-order valence-corrected chi connectivity index (χ2v) is 6.67. The van der Waals surface area contributed by atoms with E-state index in [2.05, 4.69) is 16.7 Å². The number of aromatic nitrogens is 1. The topological polar surface area (TPSA) is 51.5 Å². The number of hydrogen-bond donors (Lipinski definition) is 1. The van der Waals surface area contributed by atoms with Crippen molar-refractivity contribution in [3.63, 3.8) is 0 Å². The summed E-state index contributed by atoms with van der Waals surface area (Å²) in [5.74, 6) is 0.141. The Morgan fingerprint density at radius 3 is 2.56 bits per heavy atom. The molecule has 0 spiro atoms. The van der Waals surface area contributed by atoms with Crippen LogP contribution in [0.3, 0.4) is 0 Å². The summed E-state index contributed by atoms with van der Waals surface area (Å²) in [6.07, 6.45) is 0. The zero-order valence-corrected chi connectivity index (χ0v) is 15.3. The Bertz CT molecular complexity index is 1120. The molecule has 136 valence electrons. The van der Waals surface area contributed by atoms with E-state index in [0.717, 1.165) is 27.4 Å². The van der Waals surface area contributed by atoms with Gasteiger partial charge < -0.3 is 14.4 Å². The van der Waals surface area contributed by atoms with Gasteiger partial charge in [-0.2, -0.15) is 0 Å². The normalized spacial score (nSPS) is 11.1. The third kappa shape index (κ3) is 3.24. The summed E-state index contributed by atoms with van der Waals surface area (Å²) < 4.78 is 7.80. The van der Waals surface area contributed by atoms with E-state index < -0.39 is 5.97 Å². The van der Waals surface area contributed by atoms with Crippen LogP contribution in [0.1, 0.15) is 15.9 Å². The zero-order chi connectivity index (χ0) is 18.8. The molecule has 0 bridgehead atoms. The Kier molecular flexibility index (Phi) is 4.73. The molecule has 1 heterocycles. The van der Waals surface area contributed by atoms with Gasteiger partial charge in [-0.15, -0.1) is 11.6 Å². The van der Waals surface area contributed by atoms with E-state index in [1.807, 2.05) is 42.5 Å². The van der Waals surface area contributed by atoms with Crippen LogP contribution in [0.5, 0.6) is 5.75 Å². The number of benzene rings is 3. The van der Waals surface area contributed by atoms with Gasteiger partial charge in [-0.3, -0.25) is 0 Å². The summed E-state index contributed by atoms with van der Waals surface area (Å²) >= 11 is 5.72. The Morgan fingerprint density at radius 2 is 1.81 bits per heavy atom. The molecule has 0 aliphatic rings. The second kappa shape index (κ2) is 7.33. The smallest absolute Gasteiger partial charge is 0.336 e. The molecule has 0 saturated heterocycles. The van der Waals surface area contributed by atoms with Gasteiger partial charge in [0.1, 0.15) is 12.4 Å². The molecule has 27 heavy (non-hydrogen) atoms. The van der Waals surface area contributed by atoms with Gasteiger partial charge in [-0.25, -0.2) is 4.79 Å². The summed E-state index contributed by atoms with van der Waals surface area (Å²) in [6.45, 7) is 1.06. The van der Waals surface area contributed by atoms with Crippen molar-refractivity contribution in [2.75, 3.05) is 12.5 Å². The number of carbonyl (C=O) groups is 1. The maximum Gasteiger partial charge on any atom is 0.336 e. The molecule has 0 saturated carbocycles. The van der Waals surface area contributed by atoms with E-state index in [1.54, 1.807) is 12.1 Å². The van der Waals surface area contributed by atoms with Crippen LogP contribution in [0, 0.1) is 0 Å². The molecule has 0 fully saturated rings. The first-order valence-electron chi connectivity index (χ1n) is 8.70. The van der Waals surface area contributed by atoms with E-state index in [-0.39, 0.29) is 0 Å². The predicted molar refractivity (Wildman–Crippen MR) is 108 cm³/mol. The summed E-state index contributed by atoms with van der Waals surface area (Å²) in [5, 5.41) is 11.3. The van der Waals surface area contributed by atoms with E-state index in [1.165, 1.54) is 0 Å². The number of rotatable bonds is 6. The van der Waals surface area contributed by atoms with Crippen molar-refractivity contribution in [2.24, 2.45) is 0 Å². The number of fused-ring (bicyclic) bond motifs is 3. The van der Waals surface area contributed by atoms with Crippen LogP contribution in [0.25, 0.3) is 21.8 Å². The lowest BCUT2D eigenvalue weighted by Crippen LogP contribution is -2.00. The average molecular weight is 380 g/mol. The molecular weight excluding hydrogens is 362 g/mol. The first-order valence-corrected chi connectivity index (χ1v) is 9.23. The maximum absolute atomic E-state index is 11.8. The van der Waals surface area contributed by atoms with Crippen LogP contribution < -0.4 is 4.74 Å². The van der Waals surface area contributed by atoms with E-state index in [4.69, 9.17) is 16.3 Å². The fourth-order valence-corrected chi connectivity index (χ4v) is 3.57. The first kappa shape index (κ1) is 17.4. The largest absolute Gasteiger partial charge is 0.492 e. The highest BCUT2D eigenvalue weighted by Crippen LogP contribution is 2.34. The third-order valence-electron chi connectivity index (χ3n) is 4.62. The van der Waals surface area contributed by atoms with Crippen molar-refractivity contribution >= 4 is 39.4 Å². The Hall–Kier alpha value is -2.98. The highest BCUT2D eigenvalue weighted by atomic mass is 35.5. The lowest BCUT2D eigenvalue weighted by Gasteiger charge is -2.08. The SMILES string of the molecule is O=C(O)c1cccc2c1c1cc(OCCCl)ccc1n2Cc1ccccc1. The number of hydrogen-bond acceptors (Lipinski definition) is 2. The van der Waals surface area contributed by atoms with Crippen molar-refractivity contribution in [3.05, 3.63) is 77.9 Å². The van der Waals surface area contributed by atoms with Crippen molar-refractivity contribution in [2.45, 2.75) is 6.54 Å². The third-order valence-corrected chi connectivity index (χ3v) is 4.78. The van der Waals surface area contributed by atoms with Gasteiger partial charge in [0.2, 0.25) is 0 Å². The molecule has 1 N–H and O–H groups in total. The predicted octanol–water partition coefficient (Wildman–Crippen LogP) is 5.16. The number of carboxylic acid groups (broad SMARTS) is 1. The molecule has 3 aromatic carbocycles. The van der Waals surface area contributed by atoms with E-state index >= 15 is 0 Å². The Labute approximate surface area is 161 Å². The number of nitrogens with zero attached hydrogens (tertiary/aromatic N) is 1. The molecule has 1 aromatic heterocycles. The molecule has 4 aromatic rings. The van der Waals surface area contributed by atoms with Gasteiger partial charge in [0.05, 0.1) is 17.0 Å². The van der Waals surface area contributed by atoms with Gasteiger partial charge >= 0.3 is 5.97 Å². The van der Waals surface area contributed by atoms with Crippen molar-refractivity contribution < 1.29 is 14.6 Å². The van der Waals surface area contributed by atoms with Gasteiger partial charge in [0, 0.05) is 22.8 Å². The molecule has 5 heteroatoms. The van der Waals surface area contributed by atoms with Crippen LogP contribution in [0.4, 0.5) is 0 Å². The van der Waals surface area contributed by atoms with Crippen LogP contribution in [0.2, 0.25) is 0 Å². The number of aromatic carboxylic acids is 1. The first-order chi connectivity index (χ1) is 13.2. The molecule has 0 amide bonds. The van der Waals surface area contributed by atoms with Gasteiger partial charge in [-0.05, 0) is 35.9 Å². The minimum Gasteiger partial charge on any atom is -0.492 e. The minimum atomic E-state index is -0.938. The van der Waals surface area contributed by atoms with Crippen molar-refractivity contribution in [1.82, 2.24) is 4.57 Å². The zero-order valence-electron chi connectivity index (χ0n) is 14.6. The van der Waals surface area contributed by atoms with Gasteiger partial charge in [0.25, 0.3) is 0 Å². The number of carboxylic acids is 1. The van der Waals surface area contributed by atoms with E-state index in [0.29, 0.717) is 30.3 Å². The Balaban J connectivity index is 1.98. The molecule has 4 nitrogen and oxygen atoms in total. The van der Waals surface area contributed by atoms with Crippen molar-refractivity contribution in [3.8, 4) is 5.75 Å². The lowest BCUT2D eigenvalue weighted by atomic mass is 10.1. The summed E-state index contributed by atoms with van der Waals surface area (Å²) in [5.41, 5.74) is 3.31. The quantitative estimate of drug-likeness (QED) is 0.471. The van der Waals surface area contributed by atoms with Crippen molar-refractivity contribution in [1.29, 1.82) is 0 Å². The standard InChI is InChI=1S/C22H18ClNO3/c23-11-12-27-16-9-10-19-18(13-16)21-17(22(25)26)7-4-8-20(21)24(19)14-15-5-2-1-3-6-15/h1-10,13H,11-12,14H2,(H,25,26). The van der Waals surface area contributed by atoms with Crippen LogP contribution >= 0.6 is 11.6 Å². The summed E-state index contributed by atoms with van der Waals surface area (Å²) in [7, 11) is 0. The summed E-state index contributed by atoms with van der Waals surface area (Å²) in [4.78, 5) is 11.8. The molecule has 0 aliphatic heterocycles. The maximum atomic E-state index is 11.8. The van der Waals surface area contributed by atoms with Gasteiger partial charge in [-0.1, -0.05) is 36.4 Å². The second-order valence-electron chi connectivity index (χ2n) is 6.29. The number of alkyl halides is 1. The fraction of sp³-hybridized carbons (Fsp3) is 0.136. The molecule has 0 atom stereocenters. The monoisotopic (exact) mass is 379 g/mol. The fourth-order valence-electron chi connectivity index (χ4n) is 3.49. The number of halogens is 1. The molecular formula is C22H18ClNO3. The number of ether oxygens (including phenoxy) is 1. The molecule has 4 rings (SSSR count). The Morgan fingerprint density at radius 1 is 1.00 bits per heavy atom.